The molecule has 40 heavy (non-hydrogen) atoms. The van der Waals surface area contributed by atoms with E-state index in [1.807, 2.05) is 13.8 Å². The van der Waals surface area contributed by atoms with E-state index in [0.717, 1.165) is 15.4 Å². The minimum atomic E-state index is -4.23. The van der Waals surface area contributed by atoms with Crippen LogP contribution >= 0.6 is 23.2 Å². The molecular formula is C29H33Cl2N3O5S. The molecule has 0 aliphatic rings. The van der Waals surface area contributed by atoms with Crippen molar-refractivity contribution >= 4 is 50.7 Å². The third-order valence-corrected chi connectivity index (χ3v) is 8.97. The number of hydrogen-bond donors (Lipinski definition) is 1. The number of aryl methyl sites for hydroxylation is 2. The number of ether oxygens (including phenoxy) is 1. The molecular weight excluding hydrogens is 573 g/mol. The summed E-state index contributed by atoms with van der Waals surface area (Å²) >= 11 is 12.3. The van der Waals surface area contributed by atoms with E-state index in [2.05, 4.69) is 5.32 Å². The van der Waals surface area contributed by atoms with Gasteiger partial charge in [-0.25, -0.2) is 8.42 Å². The van der Waals surface area contributed by atoms with Crippen LogP contribution in [0, 0.1) is 13.8 Å². The van der Waals surface area contributed by atoms with Crippen LogP contribution in [0.1, 0.15) is 30.0 Å². The smallest absolute Gasteiger partial charge is 0.264 e. The van der Waals surface area contributed by atoms with Crippen LogP contribution in [0.2, 0.25) is 10.0 Å². The van der Waals surface area contributed by atoms with Gasteiger partial charge in [-0.05, 0) is 67.8 Å². The van der Waals surface area contributed by atoms with Crippen LogP contribution in [-0.2, 0) is 26.2 Å². The maximum absolute atomic E-state index is 14.1. The molecule has 0 saturated carbocycles. The lowest BCUT2D eigenvalue weighted by atomic mass is 10.1. The minimum Gasteiger partial charge on any atom is -0.495 e. The Morgan fingerprint density at radius 1 is 0.950 bits per heavy atom. The highest BCUT2D eigenvalue weighted by molar-refractivity contribution is 7.92. The van der Waals surface area contributed by atoms with Crippen LogP contribution in [-0.4, -0.2) is 51.9 Å². The molecule has 0 aliphatic carbocycles. The second kappa shape index (κ2) is 13.4. The van der Waals surface area contributed by atoms with E-state index < -0.39 is 28.5 Å². The second-order valence-electron chi connectivity index (χ2n) is 9.31. The Morgan fingerprint density at radius 3 is 2.17 bits per heavy atom. The van der Waals surface area contributed by atoms with E-state index in [0.29, 0.717) is 22.0 Å². The first-order valence-electron chi connectivity index (χ1n) is 12.6. The topological polar surface area (TPSA) is 96.0 Å². The lowest BCUT2D eigenvalue weighted by Crippen LogP contribution is -2.51. The lowest BCUT2D eigenvalue weighted by molar-refractivity contribution is -0.140. The predicted octanol–water partition coefficient (Wildman–Crippen LogP) is 5.37. The number of carbonyl (C=O) groups is 2. The number of amides is 2. The Balaban J connectivity index is 2.14. The van der Waals surface area contributed by atoms with Gasteiger partial charge in [0.2, 0.25) is 11.8 Å². The van der Waals surface area contributed by atoms with Gasteiger partial charge in [0.15, 0.2) is 0 Å². The summed E-state index contributed by atoms with van der Waals surface area (Å²) in [6, 6.07) is 15.5. The molecule has 1 atom stereocenters. The second-order valence-corrected chi connectivity index (χ2v) is 12.0. The summed E-state index contributed by atoms with van der Waals surface area (Å²) in [4.78, 5) is 28.3. The van der Waals surface area contributed by atoms with Gasteiger partial charge in [-0.15, -0.1) is 0 Å². The number of nitrogens with one attached hydrogen (secondary N) is 1. The van der Waals surface area contributed by atoms with Gasteiger partial charge in [-0.3, -0.25) is 13.9 Å². The molecule has 11 heteroatoms. The average Bonchev–Trinajstić information content (AvgIpc) is 2.93. The van der Waals surface area contributed by atoms with Crippen molar-refractivity contribution in [2.45, 2.75) is 44.7 Å². The van der Waals surface area contributed by atoms with Crippen LogP contribution in [0.15, 0.2) is 65.6 Å². The zero-order valence-electron chi connectivity index (χ0n) is 23.1. The number of methoxy groups -OCH3 is 1. The first-order chi connectivity index (χ1) is 18.9. The van der Waals surface area contributed by atoms with E-state index in [4.69, 9.17) is 27.9 Å². The number of carbonyl (C=O) groups excluding carboxylic acids is 2. The van der Waals surface area contributed by atoms with Gasteiger partial charge in [-0.1, -0.05) is 60.0 Å². The van der Waals surface area contributed by atoms with Crippen molar-refractivity contribution in [2.75, 3.05) is 25.0 Å². The molecule has 3 aromatic rings. The van der Waals surface area contributed by atoms with E-state index >= 15 is 0 Å². The maximum atomic E-state index is 14.1. The quantitative estimate of drug-likeness (QED) is 0.317. The van der Waals surface area contributed by atoms with E-state index in [1.165, 1.54) is 31.2 Å². The number of nitrogens with zero attached hydrogens (tertiary/aromatic N) is 2. The van der Waals surface area contributed by atoms with Gasteiger partial charge in [0, 0.05) is 13.6 Å². The predicted molar refractivity (Wildman–Crippen MR) is 159 cm³/mol. The van der Waals surface area contributed by atoms with Gasteiger partial charge in [0.25, 0.3) is 10.0 Å². The molecule has 3 aromatic carbocycles. The zero-order valence-corrected chi connectivity index (χ0v) is 25.4. The molecule has 1 N–H and O–H groups in total. The standard InChI is InChI=1S/C29H33Cl2N3O5S/c1-6-25(29(36)32-4)33(17-21-10-13-23(30)24(31)16-21)28(35)18-34(26-15-20(3)9-14-27(26)39-5)40(37,38)22-11-7-19(2)8-12-22/h7-16,25H,6,17-18H2,1-5H3,(H,32,36). The normalized spacial score (nSPS) is 12.0. The Morgan fingerprint density at radius 2 is 1.60 bits per heavy atom. The van der Waals surface area contributed by atoms with Crippen molar-refractivity contribution in [1.82, 2.24) is 10.2 Å². The fourth-order valence-electron chi connectivity index (χ4n) is 4.27. The van der Waals surface area contributed by atoms with Crippen LogP contribution in [0.25, 0.3) is 0 Å². The van der Waals surface area contributed by atoms with Gasteiger partial charge in [0.1, 0.15) is 18.3 Å². The Kier molecular flexibility index (Phi) is 10.5. The van der Waals surface area contributed by atoms with Crippen molar-refractivity contribution in [1.29, 1.82) is 0 Å². The molecule has 3 rings (SSSR count). The first-order valence-corrected chi connectivity index (χ1v) is 14.8. The molecule has 2 amide bonds. The van der Waals surface area contributed by atoms with E-state index in [1.54, 1.807) is 55.5 Å². The van der Waals surface area contributed by atoms with Crippen molar-refractivity contribution in [2.24, 2.45) is 0 Å². The van der Waals surface area contributed by atoms with Crippen molar-refractivity contribution in [3.05, 3.63) is 87.4 Å². The molecule has 0 spiro atoms. The SMILES string of the molecule is CCC(C(=O)NC)N(Cc1ccc(Cl)c(Cl)c1)C(=O)CN(c1cc(C)ccc1OC)S(=O)(=O)c1ccc(C)cc1. The summed E-state index contributed by atoms with van der Waals surface area (Å²) in [5.74, 6) is -0.679. The summed E-state index contributed by atoms with van der Waals surface area (Å²) in [5.41, 5.74) is 2.50. The molecule has 0 saturated heterocycles. The van der Waals surface area contributed by atoms with E-state index in [-0.39, 0.29) is 28.8 Å². The maximum Gasteiger partial charge on any atom is 0.264 e. The lowest BCUT2D eigenvalue weighted by Gasteiger charge is -2.33. The van der Waals surface area contributed by atoms with Crippen molar-refractivity contribution in [3.63, 3.8) is 0 Å². The number of likely N-dealkylation sites (N-methyl/N-ethyl adjacent to an activating group) is 1. The van der Waals surface area contributed by atoms with Gasteiger partial charge in [0.05, 0.1) is 27.7 Å². The number of rotatable bonds is 11. The number of anilines is 1. The minimum absolute atomic E-state index is 0.00498. The third-order valence-electron chi connectivity index (χ3n) is 6.46. The van der Waals surface area contributed by atoms with Crippen LogP contribution in [0.5, 0.6) is 5.75 Å². The third kappa shape index (κ3) is 7.08. The largest absolute Gasteiger partial charge is 0.495 e. The number of benzene rings is 3. The molecule has 0 fully saturated rings. The van der Waals surface area contributed by atoms with Gasteiger partial charge in [-0.2, -0.15) is 0 Å². The summed E-state index contributed by atoms with van der Waals surface area (Å²) in [6.07, 6.45) is 0.297. The van der Waals surface area contributed by atoms with Crippen LogP contribution < -0.4 is 14.4 Å². The highest BCUT2D eigenvalue weighted by Crippen LogP contribution is 2.34. The van der Waals surface area contributed by atoms with Crippen molar-refractivity contribution < 1.29 is 22.7 Å². The number of halogens is 2. The average molecular weight is 607 g/mol. The highest BCUT2D eigenvalue weighted by atomic mass is 35.5. The number of hydrogen-bond acceptors (Lipinski definition) is 5. The molecule has 0 aromatic heterocycles. The number of sulfonamides is 1. The Hall–Kier alpha value is -3.27. The summed E-state index contributed by atoms with van der Waals surface area (Å²) in [7, 11) is -1.31. The summed E-state index contributed by atoms with van der Waals surface area (Å²) < 4.78 is 34.6. The molecule has 214 valence electrons. The van der Waals surface area contributed by atoms with Crippen LogP contribution in [0.3, 0.4) is 0 Å². The Bertz CT molecular complexity index is 1480. The fourth-order valence-corrected chi connectivity index (χ4v) is 6.00. The van der Waals surface area contributed by atoms with E-state index in [9.17, 15) is 18.0 Å². The zero-order chi connectivity index (χ0) is 29.6. The fraction of sp³-hybridized carbons (Fsp3) is 0.310. The molecule has 1 unspecified atom stereocenters. The van der Waals surface area contributed by atoms with Gasteiger partial charge < -0.3 is 15.0 Å². The molecule has 0 aliphatic heterocycles. The molecule has 0 heterocycles. The summed E-state index contributed by atoms with van der Waals surface area (Å²) in [5, 5.41) is 3.25. The highest BCUT2D eigenvalue weighted by Gasteiger charge is 2.34. The molecule has 0 bridgehead atoms. The van der Waals surface area contributed by atoms with Crippen LogP contribution in [0.4, 0.5) is 5.69 Å². The monoisotopic (exact) mass is 605 g/mol. The Labute approximate surface area is 245 Å². The first kappa shape index (κ1) is 31.3. The summed E-state index contributed by atoms with van der Waals surface area (Å²) in [6.45, 7) is 4.87. The van der Waals surface area contributed by atoms with Crippen molar-refractivity contribution in [3.8, 4) is 5.75 Å². The molecule has 8 nitrogen and oxygen atoms in total. The molecule has 0 radical (unpaired) electrons. The van der Waals surface area contributed by atoms with Gasteiger partial charge >= 0.3 is 0 Å².